The summed E-state index contributed by atoms with van der Waals surface area (Å²) >= 11 is 17.2. The second-order valence-corrected chi connectivity index (χ2v) is 47.2. The van der Waals surface area contributed by atoms with E-state index in [2.05, 4.69) is 124 Å². The Morgan fingerprint density at radius 1 is 0.444 bits per heavy atom. The fraction of sp³-hybridized carbons (Fsp3) is 0.867. The molecule has 0 unspecified atom stereocenters. The van der Waals surface area contributed by atoms with Crippen LogP contribution in [-0.2, 0) is 0 Å². The molecule has 0 aliphatic carbocycles. The van der Waals surface area contributed by atoms with E-state index in [1.165, 1.54) is 0 Å². The highest BCUT2D eigenvalue weighted by molar-refractivity contribution is 7.70. The van der Waals surface area contributed by atoms with Crippen LogP contribution in [0.15, 0.2) is 20.8 Å². The number of rotatable bonds is 6. The second kappa shape index (κ2) is 10.4. The third-order valence-corrected chi connectivity index (χ3v) is 62.8. The largest absolute Gasteiger partial charge is 0.198 e. The molecule has 0 bridgehead atoms. The lowest BCUT2D eigenvalue weighted by Gasteiger charge is -2.65. The topological polar surface area (TPSA) is 0 Å². The van der Waals surface area contributed by atoms with E-state index in [9.17, 15) is 0 Å². The van der Waals surface area contributed by atoms with Gasteiger partial charge in [-0.15, -0.1) is 0 Å². The average Bonchev–Trinajstić information content (AvgIpc) is 2.69. The highest BCUT2D eigenvalue weighted by Crippen LogP contribution is 2.67. The minimum Gasteiger partial charge on any atom is -0.159 e. The van der Waals surface area contributed by atoms with Crippen LogP contribution in [0.25, 0.3) is 0 Å². The molecular weight excluding hydrogens is 544 g/mol. The predicted molar refractivity (Wildman–Crippen MR) is 181 cm³/mol. The summed E-state index contributed by atoms with van der Waals surface area (Å²) in [6.07, 6.45) is 4.26. The molecule has 1 heterocycles. The lowest BCUT2D eigenvalue weighted by molar-refractivity contribution is 0.632. The molecule has 0 aromatic rings. The number of hydrogen-bond acceptors (Lipinski definition) is 0. The summed E-state index contributed by atoms with van der Waals surface area (Å²) in [6.45, 7) is 39.9. The maximum atomic E-state index is 8.60. The molecule has 0 radical (unpaired) electrons. The zero-order chi connectivity index (χ0) is 29.1. The van der Waals surface area contributed by atoms with Crippen molar-refractivity contribution < 1.29 is 0 Å². The monoisotopic (exact) mass is 604 g/mol. The van der Waals surface area contributed by atoms with Crippen molar-refractivity contribution in [2.75, 3.05) is 0 Å². The molecule has 0 saturated carbocycles. The first kappa shape index (κ1) is 35.0. The Bertz CT molecular complexity index is 756. The van der Waals surface area contributed by atoms with Crippen molar-refractivity contribution in [1.29, 1.82) is 0 Å². The van der Waals surface area contributed by atoms with Gasteiger partial charge in [0, 0.05) is 0 Å². The van der Waals surface area contributed by atoms with Gasteiger partial charge in [0.1, 0.15) is 0 Å². The summed E-state index contributed by atoms with van der Waals surface area (Å²) in [5.41, 5.74) is 0. The van der Waals surface area contributed by atoms with E-state index in [0.29, 0.717) is 0 Å². The van der Waals surface area contributed by atoms with Crippen molar-refractivity contribution in [3.63, 3.8) is 0 Å². The SMILES string of the molecule is CCC1=C(CC)[Si](Cl)([Si](C)(C(C)(C)C)C(C)(C)C)C(CC)=C(CC)[Si]1(Cl)[Si](C)(C(C)(C)C)C(C)(C)C. The molecule has 0 fully saturated rings. The van der Waals surface area contributed by atoms with Gasteiger partial charge in [-0.25, -0.2) is 0 Å². The van der Waals surface area contributed by atoms with Crippen LogP contribution in [0.2, 0.25) is 33.2 Å². The van der Waals surface area contributed by atoms with Gasteiger partial charge in [-0.3, -0.25) is 0 Å². The molecule has 212 valence electrons. The summed E-state index contributed by atoms with van der Waals surface area (Å²) < 4.78 is 0. The van der Waals surface area contributed by atoms with E-state index in [1.54, 1.807) is 20.8 Å². The van der Waals surface area contributed by atoms with Gasteiger partial charge in [0.2, 0.25) is 0 Å². The summed E-state index contributed by atoms with van der Waals surface area (Å²) in [5, 5.41) is 7.48. The molecule has 1 rings (SSSR count). The first-order valence-electron chi connectivity index (χ1n) is 14.6. The van der Waals surface area contributed by atoms with Crippen LogP contribution >= 0.6 is 22.2 Å². The van der Waals surface area contributed by atoms with Crippen molar-refractivity contribution in [2.24, 2.45) is 0 Å². The van der Waals surface area contributed by atoms with Crippen LogP contribution in [0.3, 0.4) is 0 Å². The Balaban J connectivity index is 4.68. The first-order valence-corrected chi connectivity index (χ1v) is 27.6. The molecule has 0 aromatic carbocycles. The molecule has 36 heavy (non-hydrogen) atoms. The lowest BCUT2D eigenvalue weighted by Crippen LogP contribution is -2.76. The number of hydrogen-bond donors (Lipinski definition) is 0. The minimum atomic E-state index is -2.53. The summed E-state index contributed by atoms with van der Waals surface area (Å²) in [4.78, 5) is 0. The molecule has 0 aromatic heterocycles. The highest BCUT2D eigenvalue weighted by atomic mass is 35.6. The second-order valence-electron chi connectivity index (χ2n) is 15.9. The van der Waals surface area contributed by atoms with E-state index in [4.69, 9.17) is 22.2 Å². The van der Waals surface area contributed by atoms with Gasteiger partial charge in [-0.05, 0) is 45.8 Å². The summed E-state index contributed by atoms with van der Waals surface area (Å²) in [6, 6.07) is 0. The third kappa shape index (κ3) is 4.46. The van der Waals surface area contributed by atoms with Gasteiger partial charge in [-0.1, -0.05) is 145 Å². The standard InChI is InChI=1S/C30H62Cl2Si4/c1-19-23-24(20-2)36(32,34(18,29(11,12)13)30(14,15)16)26(22-4)25(21-3)35(23,31)33(17,27(5,6)7)28(8,9)10/h19-22H2,1-18H3. The van der Waals surface area contributed by atoms with E-state index in [1.807, 2.05) is 0 Å². The summed E-state index contributed by atoms with van der Waals surface area (Å²) in [7, 11) is -4.21. The van der Waals surface area contributed by atoms with Crippen LogP contribution in [0.1, 0.15) is 136 Å². The van der Waals surface area contributed by atoms with Crippen molar-refractivity contribution in [1.82, 2.24) is 0 Å². The van der Waals surface area contributed by atoms with E-state index < -0.39 is 29.0 Å². The quantitative estimate of drug-likeness (QED) is 0.209. The van der Waals surface area contributed by atoms with Crippen molar-refractivity contribution in [3.05, 3.63) is 20.8 Å². The Labute approximate surface area is 240 Å². The zero-order valence-corrected chi connectivity index (χ0v) is 33.1. The van der Waals surface area contributed by atoms with E-state index in [-0.39, 0.29) is 20.2 Å². The van der Waals surface area contributed by atoms with Crippen LogP contribution in [-0.4, -0.2) is 29.0 Å². The molecule has 0 nitrogen and oxygen atoms in total. The van der Waals surface area contributed by atoms with E-state index >= 15 is 0 Å². The Morgan fingerprint density at radius 3 is 0.667 bits per heavy atom. The van der Waals surface area contributed by atoms with Crippen LogP contribution in [0.5, 0.6) is 0 Å². The Morgan fingerprint density at radius 2 is 0.583 bits per heavy atom. The fourth-order valence-electron chi connectivity index (χ4n) is 8.55. The molecule has 0 N–H and O–H groups in total. The van der Waals surface area contributed by atoms with Crippen molar-refractivity contribution in [2.45, 2.75) is 170 Å². The molecule has 0 saturated heterocycles. The molecule has 0 atom stereocenters. The highest BCUT2D eigenvalue weighted by Gasteiger charge is 2.73. The minimum absolute atomic E-state index is 0.195. The van der Waals surface area contributed by atoms with Gasteiger partial charge in [0.05, 0.1) is 15.2 Å². The van der Waals surface area contributed by atoms with Crippen molar-refractivity contribution in [3.8, 4) is 0 Å². The van der Waals surface area contributed by atoms with Crippen LogP contribution in [0.4, 0.5) is 0 Å². The maximum absolute atomic E-state index is 8.60. The Hall–Kier alpha value is 0.928. The fourth-order valence-corrected chi connectivity index (χ4v) is 66.1. The lowest BCUT2D eigenvalue weighted by atomic mass is 10.2. The molecule has 0 spiro atoms. The van der Waals surface area contributed by atoms with Crippen LogP contribution < -0.4 is 0 Å². The predicted octanol–water partition coefficient (Wildman–Crippen LogP) is 12.3. The zero-order valence-electron chi connectivity index (χ0n) is 27.6. The number of allylic oxidation sites excluding steroid dienone is 4. The van der Waals surface area contributed by atoms with Gasteiger partial charge in [-0.2, -0.15) is 22.2 Å². The normalized spacial score (nSPS) is 25.7. The molecule has 0 amide bonds. The van der Waals surface area contributed by atoms with Crippen LogP contribution in [0, 0.1) is 0 Å². The van der Waals surface area contributed by atoms with Gasteiger partial charge in [0.25, 0.3) is 0 Å². The first-order chi connectivity index (χ1) is 15.8. The molecule has 1 aliphatic rings. The molecular formula is C30H62Cl2Si4. The molecule has 1 aliphatic heterocycles. The number of halogens is 2. The van der Waals surface area contributed by atoms with E-state index in [0.717, 1.165) is 25.7 Å². The smallest absolute Gasteiger partial charge is 0.159 e. The molecule has 6 heteroatoms. The van der Waals surface area contributed by atoms with Gasteiger partial charge < -0.3 is 0 Å². The summed E-state index contributed by atoms with van der Waals surface area (Å²) in [5.74, 6) is 0. The average molecular weight is 606 g/mol. The third-order valence-electron chi connectivity index (χ3n) is 11.2. The van der Waals surface area contributed by atoms with Crippen molar-refractivity contribution >= 4 is 51.1 Å². The Kier molecular flexibility index (Phi) is 10.1. The van der Waals surface area contributed by atoms with Gasteiger partial charge >= 0.3 is 0 Å². The van der Waals surface area contributed by atoms with Gasteiger partial charge in [0.15, 0.2) is 13.8 Å². The maximum Gasteiger partial charge on any atom is 0.198 e.